The Bertz CT molecular complexity index is 486. The summed E-state index contributed by atoms with van der Waals surface area (Å²) in [5.41, 5.74) is 1.01. The second-order valence-corrected chi connectivity index (χ2v) is 5.37. The average Bonchev–Trinajstić information content (AvgIpc) is 2.44. The number of carboxylic acids is 1. The Kier molecular flexibility index (Phi) is 6.72. The van der Waals surface area contributed by atoms with E-state index in [0.717, 1.165) is 12.0 Å². The Morgan fingerprint density at radius 1 is 1.24 bits per heavy atom. The number of hydrogen-bond donors (Lipinski definition) is 3. The van der Waals surface area contributed by atoms with Crippen LogP contribution >= 0.6 is 0 Å². The number of carbonyl (C=O) groups is 2. The van der Waals surface area contributed by atoms with Crippen molar-refractivity contribution in [2.75, 3.05) is 6.54 Å². The maximum atomic E-state index is 11.8. The van der Waals surface area contributed by atoms with E-state index in [4.69, 9.17) is 5.11 Å². The molecule has 0 aliphatic rings. The summed E-state index contributed by atoms with van der Waals surface area (Å²) in [5, 5.41) is 14.8. The molecule has 0 fully saturated rings. The molecule has 2 amide bonds. The predicted octanol–water partition coefficient (Wildman–Crippen LogP) is 2.66. The fraction of sp³-hybridized carbons (Fsp3) is 0.500. The van der Waals surface area contributed by atoms with E-state index in [1.165, 1.54) is 0 Å². The van der Waals surface area contributed by atoms with Crippen LogP contribution in [0.15, 0.2) is 24.3 Å². The number of benzene rings is 1. The third kappa shape index (κ3) is 5.45. The highest BCUT2D eigenvalue weighted by Crippen LogP contribution is 2.09. The van der Waals surface area contributed by atoms with Gasteiger partial charge in [0.1, 0.15) is 0 Å². The molecule has 21 heavy (non-hydrogen) atoms. The van der Waals surface area contributed by atoms with Crippen molar-refractivity contribution in [2.45, 2.75) is 39.7 Å². The van der Waals surface area contributed by atoms with E-state index >= 15 is 0 Å². The first-order valence-electron chi connectivity index (χ1n) is 7.31. The van der Waals surface area contributed by atoms with E-state index in [9.17, 15) is 9.59 Å². The minimum atomic E-state index is -0.944. The number of rotatable bonds is 7. The molecule has 0 radical (unpaired) electrons. The van der Waals surface area contributed by atoms with Gasteiger partial charge in [-0.05, 0) is 30.4 Å². The average molecular weight is 292 g/mol. The lowest BCUT2D eigenvalue weighted by Crippen LogP contribution is -2.44. The lowest BCUT2D eigenvalue weighted by atomic mass is 10.0. The molecule has 0 spiro atoms. The lowest BCUT2D eigenvalue weighted by molar-refractivity contribution is 0.0695. The second-order valence-electron chi connectivity index (χ2n) is 5.37. The second kappa shape index (κ2) is 8.29. The van der Waals surface area contributed by atoms with Crippen molar-refractivity contribution in [3.63, 3.8) is 0 Å². The van der Waals surface area contributed by atoms with Crippen LogP contribution in [0.3, 0.4) is 0 Å². The predicted molar refractivity (Wildman–Crippen MR) is 82.6 cm³/mol. The van der Waals surface area contributed by atoms with Crippen molar-refractivity contribution in [2.24, 2.45) is 5.92 Å². The fourth-order valence-corrected chi connectivity index (χ4v) is 2.22. The summed E-state index contributed by atoms with van der Waals surface area (Å²) in [6, 6.07) is 6.78. The van der Waals surface area contributed by atoms with E-state index < -0.39 is 5.97 Å². The van der Waals surface area contributed by atoms with Crippen LogP contribution in [0.25, 0.3) is 0 Å². The van der Waals surface area contributed by atoms with Crippen LogP contribution in [0, 0.1) is 5.92 Å². The molecule has 5 nitrogen and oxygen atoms in total. The Labute approximate surface area is 125 Å². The maximum Gasteiger partial charge on any atom is 0.335 e. The molecule has 0 aliphatic heterocycles. The first-order valence-corrected chi connectivity index (χ1v) is 7.31. The SMILES string of the molecule is CCC(NC(=O)NCCc1ccccc1C(=O)O)C(C)C. The van der Waals surface area contributed by atoms with Crippen LogP contribution in [0.2, 0.25) is 0 Å². The standard InChI is InChI=1S/C16H24N2O3/c1-4-14(11(2)3)18-16(21)17-10-9-12-7-5-6-8-13(12)15(19)20/h5-8,11,14H,4,9-10H2,1-3H3,(H,19,20)(H2,17,18,21). The molecule has 0 aromatic heterocycles. The number of urea groups is 1. The summed E-state index contributed by atoms with van der Waals surface area (Å²) in [6.07, 6.45) is 1.38. The maximum absolute atomic E-state index is 11.8. The Balaban J connectivity index is 2.47. The molecule has 3 N–H and O–H groups in total. The molecular formula is C16H24N2O3. The van der Waals surface area contributed by atoms with E-state index in [2.05, 4.69) is 24.5 Å². The van der Waals surface area contributed by atoms with Crippen LogP contribution in [0.4, 0.5) is 4.79 Å². The van der Waals surface area contributed by atoms with Crippen molar-refractivity contribution >= 4 is 12.0 Å². The van der Waals surface area contributed by atoms with Gasteiger partial charge >= 0.3 is 12.0 Å². The largest absolute Gasteiger partial charge is 0.478 e. The minimum Gasteiger partial charge on any atom is -0.478 e. The summed E-state index contributed by atoms with van der Waals surface area (Å²) >= 11 is 0. The molecule has 1 atom stereocenters. The smallest absolute Gasteiger partial charge is 0.335 e. The van der Waals surface area contributed by atoms with Crippen molar-refractivity contribution in [3.05, 3.63) is 35.4 Å². The van der Waals surface area contributed by atoms with Crippen molar-refractivity contribution in [3.8, 4) is 0 Å². The van der Waals surface area contributed by atoms with Gasteiger partial charge in [-0.3, -0.25) is 0 Å². The molecular weight excluding hydrogens is 268 g/mol. The van der Waals surface area contributed by atoms with Gasteiger partial charge in [0.15, 0.2) is 0 Å². The van der Waals surface area contributed by atoms with Crippen LogP contribution in [-0.4, -0.2) is 29.7 Å². The van der Waals surface area contributed by atoms with Crippen LogP contribution in [0.5, 0.6) is 0 Å². The van der Waals surface area contributed by atoms with E-state index in [0.29, 0.717) is 18.9 Å². The number of amides is 2. The van der Waals surface area contributed by atoms with E-state index in [1.54, 1.807) is 24.3 Å². The van der Waals surface area contributed by atoms with Crippen LogP contribution in [-0.2, 0) is 6.42 Å². The normalized spacial score (nSPS) is 12.0. The van der Waals surface area contributed by atoms with Gasteiger partial charge in [0.25, 0.3) is 0 Å². The Morgan fingerprint density at radius 3 is 2.48 bits per heavy atom. The summed E-state index contributed by atoms with van der Waals surface area (Å²) in [4.78, 5) is 22.9. The summed E-state index contributed by atoms with van der Waals surface area (Å²) in [5.74, 6) is -0.561. The van der Waals surface area contributed by atoms with Gasteiger partial charge in [0, 0.05) is 12.6 Å². The molecule has 1 rings (SSSR count). The molecule has 116 valence electrons. The summed E-state index contributed by atoms with van der Waals surface area (Å²) in [6.45, 7) is 6.58. The number of carboxylic acid groups (broad SMARTS) is 1. The van der Waals surface area contributed by atoms with Gasteiger partial charge in [-0.1, -0.05) is 39.0 Å². The Morgan fingerprint density at radius 2 is 1.90 bits per heavy atom. The van der Waals surface area contributed by atoms with Crippen molar-refractivity contribution < 1.29 is 14.7 Å². The molecule has 0 bridgehead atoms. The highest BCUT2D eigenvalue weighted by atomic mass is 16.4. The Hall–Kier alpha value is -2.04. The number of hydrogen-bond acceptors (Lipinski definition) is 2. The third-order valence-electron chi connectivity index (χ3n) is 3.49. The van der Waals surface area contributed by atoms with Gasteiger partial charge in [-0.15, -0.1) is 0 Å². The number of carbonyl (C=O) groups excluding carboxylic acids is 1. The van der Waals surface area contributed by atoms with Crippen LogP contribution in [0.1, 0.15) is 43.1 Å². The zero-order chi connectivity index (χ0) is 15.8. The number of aromatic carboxylic acids is 1. The molecule has 0 aliphatic carbocycles. The zero-order valence-electron chi connectivity index (χ0n) is 12.8. The fourth-order valence-electron chi connectivity index (χ4n) is 2.22. The molecule has 0 saturated carbocycles. The molecule has 1 unspecified atom stereocenters. The highest BCUT2D eigenvalue weighted by molar-refractivity contribution is 5.89. The third-order valence-corrected chi connectivity index (χ3v) is 3.49. The van der Waals surface area contributed by atoms with Gasteiger partial charge in [0.05, 0.1) is 5.56 Å². The monoisotopic (exact) mass is 292 g/mol. The molecule has 1 aromatic rings. The van der Waals surface area contributed by atoms with Gasteiger partial charge in [-0.25, -0.2) is 9.59 Å². The van der Waals surface area contributed by atoms with Gasteiger partial charge in [0.2, 0.25) is 0 Å². The quantitative estimate of drug-likeness (QED) is 0.723. The van der Waals surface area contributed by atoms with E-state index in [-0.39, 0.29) is 17.6 Å². The topological polar surface area (TPSA) is 78.4 Å². The van der Waals surface area contributed by atoms with Crippen molar-refractivity contribution in [1.82, 2.24) is 10.6 Å². The summed E-state index contributed by atoms with van der Waals surface area (Å²) < 4.78 is 0. The molecule has 5 heteroatoms. The van der Waals surface area contributed by atoms with E-state index in [1.807, 2.05) is 6.92 Å². The highest BCUT2D eigenvalue weighted by Gasteiger charge is 2.14. The summed E-state index contributed by atoms with van der Waals surface area (Å²) in [7, 11) is 0. The molecule has 0 saturated heterocycles. The van der Waals surface area contributed by atoms with Crippen molar-refractivity contribution in [1.29, 1.82) is 0 Å². The van der Waals surface area contributed by atoms with Crippen LogP contribution < -0.4 is 10.6 Å². The molecule has 0 heterocycles. The van der Waals surface area contributed by atoms with Gasteiger partial charge in [-0.2, -0.15) is 0 Å². The first-order chi connectivity index (χ1) is 9.95. The molecule has 1 aromatic carbocycles. The zero-order valence-corrected chi connectivity index (χ0v) is 12.8. The van der Waals surface area contributed by atoms with Gasteiger partial charge < -0.3 is 15.7 Å². The minimum absolute atomic E-state index is 0.149. The number of nitrogens with one attached hydrogen (secondary N) is 2. The first kappa shape index (κ1) is 17.0. The lowest BCUT2D eigenvalue weighted by Gasteiger charge is -2.21.